The fourth-order valence-electron chi connectivity index (χ4n) is 5.81. The second-order valence-corrected chi connectivity index (χ2v) is 11.8. The molecule has 20 nitrogen and oxygen atoms in total. The van der Waals surface area contributed by atoms with Crippen molar-refractivity contribution in [1.29, 1.82) is 0 Å². The lowest BCUT2D eigenvalue weighted by Gasteiger charge is -2.50. The third-order valence-corrected chi connectivity index (χ3v) is 8.53. The molecule has 20 atom stereocenters. The monoisotopic (exact) mass is 675 g/mol. The van der Waals surface area contributed by atoms with E-state index in [1.807, 2.05) is 0 Å². The van der Waals surface area contributed by atoms with Crippen molar-refractivity contribution >= 4 is 5.91 Å². The van der Waals surface area contributed by atoms with E-state index < -0.39 is 142 Å². The van der Waals surface area contributed by atoms with Gasteiger partial charge in [-0.25, -0.2) is 0 Å². The normalized spacial score (nSPS) is 51.9. The van der Waals surface area contributed by atoms with E-state index in [1.165, 1.54) is 13.8 Å². The molecule has 20 heteroatoms. The van der Waals surface area contributed by atoms with E-state index in [4.69, 9.17) is 33.2 Å². The SMILES string of the molecule is CC(=O)N[C@@H]1[C@@H](O[C@@H]2O[C@H](CO)[C@H](O)[C@H](O)[C@H]2O[C@@H]2O[C@@H](C)[C@@H](O)[C@@H](O)[C@@H]2O)[C@H](O[C@@H]2O[C@@H](C)[C@@H](O)[C@@H](O)[C@@H]2O)[C@@H](CO)O[C@H]1O. The highest BCUT2D eigenvalue weighted by molar-refractivity contribution is 5.73. The zero-order chi connectivity index (χ0) is 34.2. The average Bonchev–Trinajstić information content (AvgIpc) is 3.01. The van der Waals surface area contributed by atoms with Gasteiger partial charge in [0.05, 0.1) is 25.4 Å². The smallest absolute Gasteiger partial charge is 0.217 e. The maximum Gasteiger partial charge on any atom is 0.217 e. The van der Waals surface area contributed by atoms with Crippen molar-refractivity contribution in [2.45, 2.75) is 144 Å². The standard InChI is InChI=1S/C26H45NO19/c1-6-12(31)15(34)18(37)24(40-6)44-20-10(5-29)42-23(39)11(27-8(3)30)21(20)45-26-22(17(36)14(33)9(4-28)43-26)46-25-19(38)16(35)13(32)7(2)41-25/h6-7,9-26,28-29,31-39H,4-5H2,1-3H3,(H,27,30)/t6-,7-,9+,10+,11+,12+,13+,14-,15+,16+,17-,18-,19-,20+,21+,22+,23+,24-,25-,26-/m0/s1. The largest absolute Gasteiger partial charge is 0.394 e. The molecule has 4 heterocycles. The first-order chi connectivity index (χ1) is 21.6. The third-order valence-electron chi connectivity index (χ3n) is 8.53. The van der Waals surface area contributed by atoms with Crippen molar-refractivity contribution in [3.05, 3.63) is 0 Å². The molecule has 0 aromatic rings. The van der Waals surface area contributed by atoms with Crippen molar-refractivity contribution in [2.75, 3.05) is 13.2 Å². The molecule has 0 saturated carbocycles. The summed E-state index contributed by atoms with van der Waals surface area (Å²) in [6, 6.07) is -1.53. The van der Waals surface area contributed by atoms with Crippen molar-refractivity contribution < 1.29 is 94.1 Å². The quantitative estimate of drug-likeness (QED) is 0.108. The van der Waals surface area contributed by atoms with Gasteiger partial charge in [0.1, 0.15) is 85.4 Å². The summed E-state index contributed by atoms with van der Waals surface area (Å²) in [5, 5.41) is 117. The molecule has 1 amide bonds. The fraction of sp³-hybridized carbons (Fsp3) is 0.962. The van der Waals surface area contributed by atoms with Crippen LogP contribution in [0.15, 0.2) is 0 Å². The van der Waals surface area contributed by atoms with Gasteiger partial charge in [-0.05, 0) is 13.8 Å². The van der Waals surface area contributed by atoms with E-state index in [0.29, 0.717) is 0 Å². The summed E-state index contributed by atoms with van der Waals surface area (Å²) >= 11 is 0. The molecule has 4 saturated heterocycles. The number of rotatable bonds is 9. The summed E-state index contributed by atoms with van der Waals surface area (Å²) < 4.78 is 39.8. The Balaban J connectivity index is 1.69. The number of carbonyl (C=O) groups excluding carboxylic acids is 1. The number of nitrogens with one attached hydrogen (secondary N) is 1. The minimum absolute atomic E-state index is 0.704. The minimum atomic E-state index is -1.93. The van der Waals surface area contributed by atoms with Crippen LogP contribution in [-0.4, -0.2) is 198 Å². The van der Waals surface area contributed by atoms with E-state index in [1.54, 1.807) is 0 Å². The Labute approximate surface area is 262 Å². The molecular weight excluding hydrogens is 630 g/mol. The van der Waals surface area contributed by atoms with Gasteiger partial charge >= 0.3 is 0 Å². The molecule has 268 valence electrons. The molecule has 4 aliphatic heterocycles. The Hall–Kier alpha value is -1.25. The van der Waals surface area contributed by atoms with Gasteiger partial charge in [-0.1, -0.05) is 0 Å². The van der Waals surface area contributed by atoms with Crippen LogP contribution in [0.4, 0.5) is 0 Å². The van der Waals surface area contributed by atoms with Crippen molar-refractivity contribution in [3.8, 4) is 0 Å². The molecule has 0 radical (unpaired) electrons. The lowest BCUT2D eigenvalue weighted by molar-refractivity contribution is -0.390. The fourth-order valence-corrected chi connectivity index (χ4v) is 5.81. The van der Waals surface area contributed by atoms with Crippen molar-refractivity contribution in [2.24, 2.45) is 0 Å². The average molecular weight is 676 g/mol. The predicted octanol–water partition coefficient (Wildman–Crippen LogP) is -7.55. The molecule has 0 bridgehead atoms. The van der Waals surface area contributed by atoms with E-state index in [-0.39, 0.29) is 0 Å². The molecule has 0 spiro atoms. The first-order valence-corrected chi connectivity index (χ1v) is 14.8. The lowest BCUT2D eigenvalue weighted by Crippen LogP contribution is -2.70. The molecular formula is C26H45NO19. The summed E-state index contributed by atoms with van der Waals surface area (Å²) in [4.78, 5) is 12.2. The summed E-state index contributed by atoms with van der Waals surface area (Å²) in [5.74, 6) is -0.704. The zero-order valence-corrected chi connectivity index (χ0v) is 25.1. The molecule has 0 aliphatic carbocycles. The molecule has 12 N–H and O–H groups in total. The molecule has 0 aromatic heterocycles. The number of hydrogen-bond donors (Lipinski definition) is 12. The van der Waals surface area contributed by atoms with Crippen LogP contribution in [-0.2, 0) is 38.0 Å². The highest BCUT2D eigenvalue weighted by Crippen LogP contribution is 2.35. The van der Waals surface area contributed by atoms with Crippen LogP contribution in [0.5, 0.6) is 0 Å². The topological polar surface area (TPSA) is 316 Å². The van der Waals surface area contributed by atoms with E-state index in [0.717, 1.165) is 6.92 Å². The molecule has 0 unspecified atom stereocenters. The van der Waals surface area contributed by atoms with Gasteiger partial charge in [-0.15, -0.1) is 0 Å². The summed E-state index contributed by atoms with van der Waals surface area (Å²) in [6.45, 7) is 2.15. The van der Waals surface area contributed by atoms with Crippen LogP contribution in [0.2, 0.25) is 0 Å². The predicted molar refractivity (Wildman–Crippen MR) is 143 cm³/mol. The lowest BCUT2D eigenvalue weighted by atomic mass is 9.94. The molecule has 0 aromatic carbocycles. The highest BCUT2D eigenvalue weighted by atomic mass is 16.8. The Morgan fingerprint density at radius 2 is 1.04 bits per heavy atom. The zero-order valence-electron chi connectivity index (χ0n) is 25.1. The van der Waals surface area contributed by atoms with E-state index in [2.05, 4.69) is 5.32 Å². The summed E-state index contributed by atoms with van der Waals surface area (Å²) in [6.07, 6.45) is -31.2. The molecule has 46 heavy (non-hydrogen) atoms. The van der Waals surface area contributed by atoms with Crippen LogP contribution < -0.4 is 5.32 Å². The Morgan fingerprint density at radius 3 is 1.52 bits per heavy atom. The second-order valence-electron chi connectivity index (χ2n) is 11.8. The van der Waals surface area contributed by atoms with Crippen LogP contribution in [0.25, 0.3) is 0 Å². The van der Waals surface area contributed by atoms with Crippen LogP contribution in [0.3, 0.4) is 0 Å². The first-order valence-electron chi connectivity index (χ1n) is 14.8. The first kappa shape index (κ1) is 37.6. The van der Waals surface area contributed by atoms with Gasteiger partial charge in [-0.2, -0.15) is 0 Å². The maximum absolute atomic E-state index is 12.2. The highest BCUT2D eigenvalue weighted by Gasteiger charge is 2.56. The molecule has 4 rings (SSSR count). The van der Waals surface area contributed by atoms with Crippen molar-refractivity contribution in [1.82, 2.24) is 5.32 Å². The number of hydrogen-bond acceptors (Lipinski definition) is 19. The van der Waals surface area contributed by atoms with Crippen LogP contribution in [0.1, 0.15) is 20.8 Å². The Bertz CT molecular complexity index is 997. The van der Waals surface area contributed by atoms with Gasteiger partial charge in [0.25, 0.3) is 0 Å². The number of ether oxygens (including phenoxy) is 7. The summed E-state index contributed by atoms with van der Waals surface area (Å²) in [7, 11) is 0. The third kappa shape index (κ3) is 7.64. The van der Waals surface area contributed by atoms with Gasteiger partial charge in [-0.3, -0.25) is 4.79 Å². The number of aliphatic hydroxyl groups excluding tert-OH is 11. The second kappa shape index (κ2) is 15.5. The van der Waals surface area contributed by atoms with Gasteiger partial charge < -0.3 is 94.6 Å². The minimum Gasteiger partial charge on any atom is -0.394 e. The number of amides is 1. The number of aliphatic hydroxyl groups is 11. The Kier molecular flexibility index (Phi) is 12.7. The molecule has 4 fully saturated rings. The van der Waals surface area contributed by atoms with Crippen LogP contribution in [0, 0.1) is 0 Å². The van der Waals surface area contributed by atoms with Crippen molar-refractivity contribution in [3.63, 3.8) is 0 Å². The van der Waals surface area contributed by atoms with Crippen LogP contribution >= 0.6 is 0 Å². The van der Waals surface area contributed by atoms with E-state index in [9.17, 15) is 61.0 Å². The van der Waals surface area contributed by atoms with Gasteiger partial charge in [0.2, 0.25) is 5.91 Å². The maximum atomic E-state index is 12.2. The number of carbonyl (C=O) groups is 1. The van der Waals surface area contributed by atoms with E-state index >= 15 is 0 Å². The summed E-state index contributed by atoms with van der Waals surface area (Å²) in [5.41, 5.74) is 0. The van der Waals surface area contributed by atoms with Gasteiger partial charge in [0, 0.05) is 6.92 Å². The Morgan fingerprint density at radius 1 is 0.565 bits per heavy atom. The molecule has 4 aliphatic rings. The van der Waals surface area contributed by atoms with Gasteiger partial charge in [0.15, 0.2) is 25.2 Å².